The van der Waals surface area contributed by atoms with Crippen LogP contribution in [-0.4, -0.2) is 28.8 Å². The van der Waals surface area contributed by atoms with Crippen molar-refractivity contribution in [3.63, 3.8) is 0 Å². The Bertz CT molecular complexity index is 565. The van der Waals surface area contributed by atoms with Gasteiger partial charge >= 0.3 is 0 Å². The maximum absolute atomic E-state index is 10.8. The molecule has 3 N–H and O–H groups in total. The van der Waals surface area contributed by atoms with E-state index in [9.17, 15) is 5.11 Å². The lowest BCUT2D eigenvalue weighted by atomic mass is 9.71. The Morgan fingerprint density at radius 2 is 2.19 bits per heavy atom. The van der Waals surface area contributed by atoms with Crippen molar-refractivity contribution < 1.29 is 5.11 Å². The average Bonchev–Trinajstić information content (AvgIpc) is 2.45. The van der Waals surface area contributed by atoms with Crippen LogP contribution >= 0.6 is 28.1 Å². The van der Waals surface area contributed by atoms with Gasteiger partial charge in [0.05, 0.1) is 5.60 Å². The van der Waals surface area contributed by atoms with E-state index in [1.807, 2.05) is 6.07 Å². The molecule has 2 fully saturated rings. The molecule has 1 aromatic carbocycles. The summed E-state index contributed by atoms with van der Waals surface area (Å²) in [7, 11) is 0. The number of anilines is 1. The molecule has 1 heterocycles. The molecule has 114 valence electrons. The van der Waals surface area contributed by atoms with E-state index >= 15 is 0 Å². The number of aliphatic hydroxyl groups is 1. The zero-order chi connectivity index (χ0) is 15.0. The van der Waals surface area contributed by atoms with Crippen LogP contribution in [0, 0.1) is 5.92 Å². The Morgan fingerprint density at radius 3 is 2.90 bits per heavy atom. The van der Waals surface area contributed by atoms with Crippen LogP contribution < -0.4 is 10.6 Å². The third-order valence-electron chi connectivity index (χ3n) is 5.01. The number of hydrogen-bond donors (Lipinski definition) is 2. The fraction of sp³-hybridized carbons (Fsp3) is 0.562. The van der Waals surface area contributed by atoms with E-state index in [0.717, 1.165) is 42.4 Å². The highest BCUT2D eigenvalue weighted by Gasteiger charge is 2.42. The van der Waals surface area contributed by atoms with Gasteiger partial charge in [0.1, 0.15) is 4.99 Å². The summed E-state index contributed by atoms with van der Waals surface area (Å²) in [5.41, 5.74) is 7.33. The van der Waals surface area contributed by atoms with Crippen molar-refractivity contribution in [2.24, 2.45) is 11.7 Å². The second-order valence-corrected chi connectivity index (χ2v) is 7.56. The normalized spacial score (nSPS) is 29.0. The molecule has 0 aromatic heterocycles. The number of hydrogen-bond acceptors (Lipinski definition) is 3. The van der Waals surface area contributed by atoms with E-state index in [0.29, 0.717) is 10.9 Å². The minimum absolute atomic E-state index is 0.397. The number of thiocarbonyl (C=S) groups is 1. The Kier molecular flexibility index (Phi) is 4.26. The molecule has 1 aliphatic carbocycles. The van der Waals surface area contributed by atoms with Crippen LogP contribution in [-0.2, 0) is 0 Å². The van der Waals surface area contributed by atoms with Crippen molar-refractivity contribution in [3.8, 4) is 0 Å². The molecule has 0 spiro atoms. The molecule has 2 unspecified atom stereocenters. The van der Waals surface area contributed by atoms with Crippen LogP contribution in [0.2, 0.25) is 0 Å². The first kappa shape index (κ1) is 15.3. The largest absolute Gasteiger partial charge is 0.389 e. The second-order valence-electron chi connectivity index (χ2n) is 6.27. The van der Waals surface area contributed by atoms with Gasteiger partial charge in [-0.25, -0.2) is 0 Å². The first-order valence-corrected chi connectivity index (χ1v) is 8.76. The molecule has 21 heavy (non-hydrogen) atoms. The molecule has 1 aliphatic heterocycles. The van der Waals surface area contributed by atoms with E-state index in [4.69, 9.17) is 18.0 Å². The molecule has 2 atom stereocenters. The van der Waals surface area contributed by atoms with E-state index < -0.39 is 5.60 Å². The lowest BCUT2D eigenvalue weighted by Crippen LogP contribution is -2.53. The lowest BCUT2D eigenvalue weighted by Gasteiger charge is -2.48. The maximum Gasteiger partial charge on any atom is 0.105 e. The molecular weight excluding hydrogens is 348 g/mol. The van der Waals surface area contributed by atoms with E-state index in [-0.39, 0.29) is 0 Å². The maximum atomic E-state index is 10.8. The van der Waals surface area contributed by atoms with Crippen LogP contribution in [0.4, 0.5) is 5.69 Å². The summed E-state index contributed by atoms with van der Waals surface area (Å²) in [6.45, 7) is 1.85. The summed E-state index contributed by atoms with van der Waals surface area (Å²) in [6.07, 6.45) is 5.38. The molecule has 1 saturated carbocycles. The summed E-state index contributed by atoms with van der Waals surface area (Å²) in [6, 6.07) is 6.14. The van der Waals surface area contributed by atoms with Crippen molar-refractivity contribution in [2.75, 3.05) is 18.0 Å². The quantitative estimate of drug-likeness (QED) is 0.786. The van der Waals surface area contributed by atoms with Crippen molar-refractivity contribution >= 4 is 38.8 Å². The van der Waals surface area contributed by atoms with Crippen LogP contribution in [0.1, 0.15) is 37.7 Å². The van der Waals surface area contributed by atoms with Gasteiger partial charge in [0.25, 0.3) is 0 Å². The van der Waals surface area contributed by atoms with Gasteiger partial charge in [-0.15, -0.1) is 0 Å². The van der Waals surface area contributed by atoms with Crippen molar-refractivity contribution in [1.82, 2.24) is 0 Å². The monoisotopic (exact) mass is 368 g/mol. The predicted octanol–water partition coefficient (Wildman–Crippen LogP) is 3.21. The van der Waals surface area contributed by atoms with Crippen LogP contribution in [0.5, 0.6) is 0 Å². The predicted molar refractivity (Wildman–Crippen MR) is 93.8 cm³/mol. The number of piperidine rings is 1. The Morgan fingerprint density at radius 1 is 1.38 bits per heavy atom. The number of nitrogens with two attached hydrogens (primary N) is 1. The van der Waals surface area contributed by atoms with Gasteiger partial charge in [-0.3, -0.25) is 0 Å². The Balaban J connectivity index is 1.79. The molecule has 0 bridgehead atoms. The number of rotatable bonds is 2. The summed E-state index contributed by atoms with van der Waals surface area (Å²) >= 11 is 8.59. The molecule has 0 radical (unpaired) electrons. The van der Waals surface area contributed by atoms with E-state index in [1.54, 1.807) is 0 Å². The zero-order valence-electron chi connectivity index (χ0n) is 12.0. The fourth-order valence-corrected chi connectivity index (χ4v) is 4.60. The van der Waals surface area contributed by atoms with Crippen molar-refractivity contribution in [1.29, 1.82) is 0 Å². The van der Waals surface area contributed by atoms with Gasteiger partial charge in [-0.05, 0) is 53.4 Å². The lowest BCUT2D eigenvalue weighted by molar-refractivity contribution is -0.0612. The molecule has 1 aromatic rings. The SMILES string of the molecule is NC(=S)c1ccc(N2CCC3(O)CCCCC3C2)cc1Br. The topological polar surface area (TPSA) is 49.5 Å². The van der Waals surface area contributed by atoms with Crippen molar-refractivity contribution in [3.05, 3.63) is 28.2 Å². The summed E-state index contributed by atoms with van der Waals surface area (Å²) in [4.78, 5) is 2.78. The van der Waals surface area contributed by atoms with Gasteiger partial charge < -0.3 is 15.7 Å². The molecule has 0 amide bonds. The smallest absolute Gasteiger partial charge is 0.105 e. The molecule has 3 rings (SSSR count). The summed E-state index contributed by atoms with van der Waals surface area (Å²) < 4.78 is 0.942. The van der Waals surface area contributed by atoms with Crippen LogP contribution in [0.3, 0.4) is 0 Å². The molecule has 1 saturated heterocycles. The van der Waals surface area contributed by atoms with Gasteiger partial charge in [-0.2, -0.15) is 0 Å². The number of nitrogens with zero attached hydrogens (tertiary/aromatic N) is 1. The van der Waals surface area contributed by atoms with Gasteiger partial charge in [0.2, 0.25) is 0 Å². The first-order chi connectivity index (χ1) is 9.99. The summed E-state index contributed by atoms with van der Waals surface area (Å²) in [5.74, 6) is 0.397. The molecule has 2 aliphatic rings. The zero-order valence-corrected chi connectivity index (χ0v) is 14.4. The van der Waals surface area contributed by atoms with Crippen molar-refractivity contribution in [2.45, 2.75) is 37.7 Å². The highest BCUT2D eigenvalue weighted by Crippen LogP contribution is 2.41. The van der Waals surface area contributed by atoms with Gasteiger partial charge in [0.15, 0.2) is 0 Å². The highest BCUT2D eigenvalue weighted by atomic mass is 79.9. The Labute approximate surface area is 139 Å². The minimum Gasteiger partial charge on any atom is -0.389 e. The highest BCUT2D eigenvalue weighted by molar-refractivity contribution is 9.10. The van der Waals surface area contributed by atoms with Crippen LogP contribution in [0.25, 0.3) is 0 Å². The fourth-order valence-electron chi connectivity index (χ4n) is 3.71. The average molecular weight is 369 g/mol. The number of benzene rings is 1. The second kappa shape index (κ2) is 5.86. The molecule has 3 nitrogen and oxygen atoms in total. The molecular formula is C16H21BrN2OS. The first-order valence-electron chi connectivity index (χ1n) is 7.56. The third-order valence-corrected chi connectivity index (χ3v) is 5.89. The van der Waals surface area contributed by atoms with Crippen LogP contribution in [0.15, 0.2) is 22.7 Å². The molecule has 5 heteroatoms. The minimum atomic E-state index is -0.426. The van der Waals surface area contributed by atoms with E-state index in [2.05, 4.69) is 33.0 Å². The van der Waals surface area contributed by atoms with Gasteiger partial charge in [0, 0.05) is 34.7 Å². The Hall–Kier alpha value is -0.650. The van der Waals surface area contributed by atoms with E-state index in [1.165, 1.54) is 18.5 Å². The summed E-state index contributed by atoms with van der Waals surface area (Å²) in [5, 5.41) is 10.8. The number of fused-ring (bicyclic) bond motifs is 1. The van der Waals surface area contributed by atoms with Gasteiger partial charge in [-0.1, -0.05) is 25.1 Å². The number of halogens is 1. The third kappa shape index (κ3) is 2.96. The standard InChI is InChI=1S/C16H21BrN2OS/c17-14-9-12(4-5-13(14)15(18)21)19-8-7-16(20)6-2-1-3-11(16)10-19/h4-5,9,11,20H,1-3,6-8,10H2,(H2,18,21).